The standard InChI is InChI=1S/C20H21FN4OS/c21-14-7-9-15(10-8-14)25-13-22-12-17(25)20(26)23-11-3-6-19-24-16-4-1-2-5-18(16)27-19/h7-10,12-13H,1-6,11H2,(H,23,26). The smallest absolute Gasteiger partial charge is 0.269 e. The molecule has 0 saturated heterocycles. The van der Waals surface area contributed by atoms with Crippen LogP contribution in [0.4, 0.5) is 4.39 Å². The van der Waals surface area contributed by atoms with E-state index in [1.165, 1.54) is 46.7 Å². The summed E-state index contributed by atoms with van der Waals surface area (Å²) in [6, 6.07) is 5.98. The van der Waals surface area contributed by atoms with Crippen LogP contribution in [0.1, 0.15) is 45.3 Å². The van der Waals surface area contributed by atoms with Crippen LogP contribution in [0, 0.1) is 5.82 Å². The number of hydrogen-bond acceptors (Lipinski definition) is 4. The maximum absolute atomic E-state index is 13.1. The SMILES string of the molecule is O=C(NCCCc1nc2c(s1)CCCC2)c1cncn1-c1ccc(F)cc1. The number of hydrogen-bond donors (Lipinski definition) is 1. The highest BCUT2D eigenvalue weighted by Gasteiger charge is 2.15. The van der Waals surface area contributed by atoms with Crippen LogP contribution < -0.4 is 5.32 Å². The molecule has 1 N–H and O–H groups in total. The molecule has 7 heteroatoms. The summed E-state index contributed by atoms with van der Waals surface area (Å²) in [5.41, 5.74) is 2.42. The Bertz CT molecular complexity index is 908. The van der Waals surface area contributed by atoms with Gasteiger partial charge in [0.05, 0.1) is 23.2 Å². The molecule has 2 aromatic heterocycles. The summed E-state index contributed by atoms with van der Waals surface area (Å²) >= 11 is 1.82. The number of thiazole rings is 1. The fourth-order valence-corrected chi connectivity index (χ4v) is 4.51. The van der Waals surface area contributed by atoms with Crippen molar-refractivity contribution >= 4 is 17.2 Å². The fourth-order valence-electron chi connectivity index (χ4n) is 3.31. The van der Waals surface area contributed by atoms with Gasteiger partial charge in [-0.2, -0.15) is 0 Å². The first kappa shape index (κ1) is 17.9. The molecule has 5 nitrogen and oxygen atoms in total. The van der Waals surface area contributed by atoms with Crippen LogP contribution in [0.3, 0.4) is 0 Å². The van der Waals surface area contributed by atoms with Crippen molar-refractivity contribution in [3.8, 4) is 5.69 Å². The van der Waals surface area contributed by atoms with Crippen LogP contribution >= 0.6 is 11.3 Å². The average molecular weight is 384 g/mol. The number of benzene rings is 1. The lowest BCUT2D eigenvalue weighted by molar-refractivity contribution is 0.0946. The molecule has 1 aliphatic rings. The minimum Gasteiger partial charge on any atom is -0.351 e. The molecule has 0 unspecified atom stereocenters. The molecular weight excluding hydrogens is 363 g/mol. The second-order valence-corrected chi connectivity index (χ2v) is 7.84. The summed E-state index contributed by atoms with van der Waals surface area (Å²) in [7, 11) is 0. The maximum atomic E-state index is 13.1. The van der Waals surface area contributed by atoms with Crippen LogP contribution in [-0.2, 0) is 19.3 Å². The summed E-state index contributed by atoms with van der Waals surface area (Å²) < 4.78 is 14.8. The zero-order chi connectivity index (χ0) is 18.6. The number of nitrogens with zero attached hydrogens (tertiary/aromatic N) is 3. The average Bonchev–Trinajstić information content (AvgIpc) is 3.32. The third-order valence-corrected chi connectivity index (χ3v) is 5.94. The number of imidazole rings is 1. The summed E-state index contributed by atoms with van der Waals surface area (Å²) in [6.07, 6.45) is 9.60. The zero-order valence-corrected chi connectivity index (χ0v) is 15.8. The van der Waals surface area contributed by atoms with E-state index >= 15 is 0 Å². The maximum Gasteiger partial charge on any atom is 0.269 e. The van der Waals surface area contributed by atoms with Gasteiger partial charge in [-0.1, -0.05) is 0 Å². The van der Waals surface area contributed by atoms with Crippen molar-refractivity contribution in [3.63, 3.8) is 0 Å². The van der Waals surface area contributed by atoms with Crippen molar-refractivity contribution in [2.45, 2.75) is 38.5 Å². The molecule has 4 rings (SSSR count). The van der Waals surface area contributed by atoms with Gasteiger partial charge < -0.3 is 5.32 Å². The first-order chi connectivity index (χ1) is 13.2. The molecule has 27 heavy (non-hydrogen) atoms. The van der Waals surface area contributed by atoms with Gasteiger partial charge in [-0.3, -0.25) is 9.36 Å². The molecule has 0 aliphatic heterocycles. The molecule has 0 atom stereocenters. The lowest BCUT2D eigenvalue weighted by Crippen LogP contribution is -2.26. The predicted molar refractivity (Wildman–Crippen MR) is 103 cm³/mol. The first-order valence-electron chi connectivity index (χ1n) is 9.24. The Morgan fingerprint density at radius 3 is 2.85 bits per heavy atom. The van der Waals surface area contributed by atoms with E-state index in [1.54, 1.807) is 23.0 Å². The van der Waals surface area contributed by atoms with Crippen molar-refractivity contribution in [2.75, 3.05) is 6.54 Å². The van der Waals surface area contributed by atoms with Crippen LogP contribution in [0.25, 0.3) is 5.69 Å². The van der Waals surface area contributed by atoms with Gasteiger partial charge in [-0.25, -0.2) is 14.4 Å². The number of fused-ring (bicyclic) bond motifs is 1. The fraction of sp³-hybridized carbons (Fsp3) is 0.350. The topological polar surface area (TPSA) is 59.8 Å². The first-order valence-corrected chi connectivity index (χ1v) is 10.1. The molecule has 1 aromatic carbocycles. The van der Waals surface area contributed by atoms with E-state index in [0.29, 0.717) is 17.9 Å². The lowest BCUT2D eigenvalue weighted by atomic mass is 10.0. The lowest BCUT2D eigenvalue weighted by Gasteiger charge is -2.08. The highest BCUT2D eigenvalue weighted by Crippen LogP contribution is 2.27. The van der Waals surface area contributed by atoms with Gasteiger partial charge in [-0.15, -0.1) is 11.3 Å². The third-order valence-electron chi connectivity index (χ3n) is 4.72. The summed E-state index contributed by atoms with van der Waals surface area (Å²) in [6.45, 7) is 0.581. The van der Waals surface area contributed by atoms with E-state index in [-0.39, 0.29) is 11.7 Å². The van der Waals surface area contributed by atoms with Crippen LogP contribution in [-0.4, -0.2) is 27.0 Å². The van der Waals surface area contributed by atoms with E-state index in [4.69, 9.17) is 4.98 Å². The summed E-state index contributed by atoms with van der Waals surface area (Å²) in [5.74, 6) is -0.496. The van der Waals surface area contributed by atoms with E-state index in [9.17, 15) is 9.18 Å². The van der Waals surface area contributed by atoms with Gasteiger partial charge in [0, 0.05) is 23.5 Å². The van der Waals surface area contributed by atoms with Crippen molar-refractivity contribution in [3.05, 3.63) is 63.9 Å². The van der Waals surface area contributed by atoms with E-state index in [1.807, 2.05) is 11.3 Å². The normalized spacial score (nSPS) is 13.4. The number of nitrogens with one attached hydrogen (secondary N) is 1. The molecule has 3 aromatic rings. The second kappa shape index (κ2) is 8.00. The Balaban J connectivity index is 1.32. The summed E-state index contributed by atoms with van der Waals surface area (Å²) in [4.78, 5) is 22.7. The largest absolute Gasteiger partial charge is 0.351 e. The number of amides is 1. The Kier molecular flexibility index (Phi) is 5.29. The number of carbonyl (C=O) groups is 1. The molecule has 1 amide bonds. The quantitative estimate of drug-likeness (QED) is 0.659. The van der Waals surface area contributed by atoms with Crippen LogP contribution in [0.2, 0.25) is 0 Å². The van der Waals surface area contributed by atoms with Crippen molar-refractivity contribution in [2.24, 2.45) is 0 Å². The van der Waals surface area contributed by atoms with E-state index in [2.05, 4.69) is 10.3 Å². The number of rotatable bonds is 6. The number of aryl methyl sites for hydroxylation is 3. The highest BCUT2D eigenvalue weighted by atomic mass is 32.1. The Morgan fingerprint density at radius 1 is 1.22 bits per heavy atom. The molecule has 0 bridgehead atoms. The molecule has 0 saturated carbocycles. The number of halogens is 1. The Hall–Kier alpha value is -2.54. The van der Waals surface area contributed by atoms with Gasteiger partial charge >= 0.3 is 0 Å². The van der Waals surface area contributed by atoms with Crippen molar-refractivity contribution < 1.29 is 9.18 Å². The Morgan fingerprint density at radius 2 is 2.04 bits per heavy atom. The van der Waals surface area contributed by atoms with E-state index in [0.717, 1.165) is 25.7 Å². The van der Waals surface area contributed by atoms with Crippen molar-refractivity contribution in [1.82, 2.24) is 19.9 Å². The Labute approximate surface area is 161 Å². The third kappa shape index (κ3) is 4.08. The molecule has 0 radical (unpaired) electrons. The van der Waals surface area contributed by atoms with Gasteiger partial charge in [0.15, 0.2) is 0 Å². The minimum absolute atomic E-state index is 0.185. The summed E-state index contributed by atoms with van der Waals surface area (Å²) in [5, 5.41) is 4.12. The molecule has 1 aliphatic carbocycles. The van der Waals surface area contributed by atoms with E-state index < -0.39 is 0 Å². The zero-order valence-electron chi connectivity index (χ0n) is 14.9. The number of aromatic nitrogens is 3. The van der Waals surface area contributed by atoms with Gasteiger partial charge in [0.2, 0.25) is 0 Å². The molecule has 140 valence electrons. The highest BCUT2D eigenvalue weighted by molar-refractivity contribution is 7.11. The predicted octanol–water partition coefficient (Wildman–Crippen LogP) is 3.71. The second-order valence-electron chi connectivity index (χ2n) is 6.67. The number of carbonyl (C=O) groups excluding carboxylic acids is 1. The molecule has 2 heterocycles. The van der Waals surface area contributed by atoms with Gasteiger partial charge in [0.25, 0.3) is 5.91 Å². The van der Waals surface area contributed by atoms with Gasteiger partial charge in [-0.05, 0) is 56.4 Å². The minimum atomic E-state index is -0.311. The molecule has 0 fully saturated rings. The van der Waals surface area contributed by atoms with Crippen molar-refractivity contribution in [1.29, 1.82) is 0 Å². The van der Waals surface area contributed by atoms with Gasteiger partial charge in [0.1, 0.15) is 11.5 Å². The van der Waals surface area contributed by atoms with Crippen LogP contribution in [0.5, 0.6) is 0 Å². The molecule has 0 spiro atoms. The monoisotopic (exact) mass is 384 g/mol. The molecular formula is C20H21FN4OS. The van der Waals surface area contributed by atoms with Crippen LogP contribution in [0.15, 0.2) is 36.8 Å².